The second-order valence-electron chi connectivity index (χ2n) is 2.88. The van der Waals surface area contributed by atoms with Gasteiger partial charge in [0, 0.05) is 12.5 Å². The molecule has 0 bridgehead atoms. The molecule has 58 valence electrons. The summed E-state index contributed by atoms with van der Waals surface area (Å²) in [4.78, 5) is 0. The third kappa shape index (κ3) is 3.53. The second-order valence-corrected chi connectivity index (χ2v) is 2.88. The van der Waals surface area contributed by atoms with Crippen LogP contribution in [0.15, 0.2) is 0 Å². The summed E-state index contributed by atoms with van der Waals surface area (Å²) in [6.07, 6.45) is 7.12. The van der Waals surface area contributed by atoms with Gasteiger partial charge in [-0.1, -0.05) is 13.8 Å². The molecule has 0 aromatic heterocycles. The number of terminal acetylenes is 1. The SMILES string of the molecule is C#CCCC(NC)C(C)C. The van der Waals surface area contributed by atoms with Gasteiger partial charge in [0.1, 0.15) is 0 Å². The lowest BCUT2D eigenvalue weighted by atomic mass is 10.00. The summed E-state index contributed by atoms with van der Waals surface area (Å²) < 4.78 is 0. The Kier molecular flexibility index (Phi) is 5.06. The van der Waals surface area contributed by atoms with Gasteiger partial charge < -0.3 is 5.32 Å². The summed E-state index contributed by atoms with van der Waals surface area (Å²) in [6.45, 7) is 4.41. The first-order chi connectivity index (χ1) is 4.72. The molecule has 0 heterocycles. The molecule has 0 amide bonds. The lowest BCUT2D eigenvalue weighted by Crippen LogP contribution is -2.30. The molecule has 0 saturated carbocycles. The van der Waals surface area contributed by atoms with Gasteiger partial charge in [-0.2, -0.15) is 0 Å². The number of hydrogen-bond acceptors (Lipinski definition) is 1. The van der Waals surface area contributed by atoms with Crippen LogP contribution in [0.2, 0.25) is 0 Å². The van der Waals surface area contributed by atoms with Crippen LogP contribution in [0.1, 0.15) is 26.7 Å². The Morgan fingerprint density at radius 3 is 2.40 bits per heavy atom. The standard InChI is InChI=1S/C9H17N/c1-5-6-7-9(10-4)8(2)3/h1,8-10H,6-7H2,2-4H3. The zero-order valence-electron chi connectivity index (χ0n) is 7.15. The van der Waals surface area contributed by atoms with Crippen LogP contribution in [-0.4, -0.2) is 13.1 Å². The summed E-state index contributed by atoms with van der Waals surface area (Å²) >= 11 is 0. The van der Waals surface area contributed by atoms with Crippen molar-refractivity contribution in [3.05, 3.63) is 0 Å². The first kappa shape index (κ1) is 9.52. The van der Waals surface area contributed by atoms with E-state index in [1.165, 1.54) is 0 Å². The third-order valence-corrected chi connectivity index (χ3v) is 1.78. The zero-order chi connectivity index (χ0) is 7.98. The van der Waals surface area contributed by atoms with Crippen LogP contribution < -0.4 is 5.32 Å². The Hall–Kier alpha value is -0.480. The van der Waals surface area contributed by atoms with Crippen molar-refractivity contribution in [3.8, 4) is 12.3 Å². The molecule has 0 rings (SSSR count). The molecule has 0 aromatic carbocycles. The summed E-state index contributed by atoms with van der Waals surface area (Å²) in [5, 5.41) is 3.24. The van der Waals surface area contributed by atoms with Crippen molar-refractivity contribution in [2.45, 2.75) is 32.7 Å². The minimum absolute atomic E-state index is 0.580. The molecule has 0 saturated heterocycles. The highest BCUT2D eigenvalue weighted by Gasteiger charge is 2.08. The van der Waals surface area contributed by atoms with Crippen molar-refractivity contribution in [3.63, 3.8) is 0 Å². The van der Waals surface area contributed by atoms with E-state index in [0.717, 1.165) is 12.8 Å². The lowest BCUT2D eigenvalue weighted by Gasteiger charge is -2.18. The van der Waals surface area contributed by atoms with Crippen molar-refractivity contribution < 1.29 is 0 Å². The summed E-state index contributed by atoms with van der Waals surface area (Å²) in [7, 11) is 1.99. The highest BCUT2D eigenvalue weighted by Crippen LogP contribution is 2.06. The van der Waals surface area contributed by atoms with E-state index in [-0.39, 0.29) is 0 Å². The molecule has 0 radical (unpaired) electrons. The van der Waals surface area contributed by atoms with Gasteiger partial charge in [0.2, 0.25) is 0 Å². The van der Waals surface area contributed by atoms with E-state index in [0.29, 0.717) is 12.0 Å². The highest BCUT2D eigenvalue weighted by atomic mass is 14.9. The molecule has 0 aliphatic rings. The first-order valence-corrected chi connectivity index (χ1v) is 3.83. The smallest absolute Gasteiger partial charge is 0.0101 e. The molecule has 1 heteroatoms. The van der Waals surface area contributed by atoms with Gasteiger partial charge in [-0.05, 0) is 19.4 Å². The van der Waals surface area contributed by atoms with Gasteiger partial charge in [0.05, 0.1) is 0 Å². The molecular weight excluding hydrogens is 122 g/mol. The number of rotatable bonds is 4. The van der Waals surface area contributed by atoms with Crippen molar-refractivity contribution in [2.75, 3.05) is 7.05 Å². The van der Waals surface area contributed by atoms with Crippen LogP contribution in [0, 0.1) is 18.3 Å². The van der Waals surface area contributed by atoms with E-state index in [1.54, 1.807) is 0 Å². The quantitative estimate of drug-likeness (QED) is 0.584. The maximum Gasteiger partial charge on any atom is 0.0101 e. The fraction of sp³-hybridized carbons (Fsp3) is 0.778. The summed E-state index contributed by atoms with van der Waals surface area (Å²) in [5.74, 6) is 3.33. The molecule has 0 spiro atoms. The van der Waals surface area contributed by atoms with Crippen molar-refractivity contribution >= 4 is 0 Å². The Bertz CT molecular complexity index is 110. The van der Waals surface area contributed by atoms with Gasteiger partial charge in [-0.25, -0.2) is 0 Å². The fourth-order valence-corrected chi connectivity index (χ4v) is 1.05. The average Bonchev–Trinajstić information content (AvgIpc) is 1.89. The molecular formula is C9H17N. The van der Waals surface area contributed by atoms with E-state index in [2.05, 4.69) is 25.1 Å². The zero-order valence-corrected chi connectivity index (χ0v) is 7.15. The largest absolute Gasteiger partial charge is 0.317 e. The number of nitrogens with one attached hydrogen (secondary N) is 1. The lowest BCUT2D eigenvalue weighted by molar-refractivity contribution is 0.407. The van der Waals surface area contributed by atoms with Crippen molar-refractivity contribution in [1.29, 1.82) is 0 Å². The molecule has 1 atom stereocenters. The monoisotopic (exact) mass is 139 g/mol. The van der Waals surface area contributed by atoms with Crippen molar-refractivity contribution in [2.24, 2.45) is 5.92 Å². The first-order valence-electron chi connectivity index (χ1n) is 3.83. The minimum atomic E-state index is 0.580. The van der Waals surface area contributed by atoms with Crippen LogP contribution in [0.5, 0.6) is 0 Å². The Morgan fingerprint density at radius 2 is 2.10 bits per heavy atom. The van der Waals surface area contributed by atoms with E-state index in [4.69, 9.17) is 6.42 Å². The van der Waals surface area contributed by atoms with E-state index < -0.39 is 0 Å². The van der Waals surface area contributed by atoms with Crippen LogP contribution in [-0.2, 0) is 0 Å². The Balaban J connectivity index is 3.52. The van der Waals surface area contributed by atoms with Gasteiger partial charge in [-0.3, -0.25) is 0 Å². The minimum Gasteiger partial charge on any atom is -0.317 e. The van der Waals surface area contributed by atoms with Crippen LogP contribution in [0.3, 0.4) is 0 Å². The van der Waals surface area contributed by atoms with E-state index in [1.807, 2.05) is 7.05 Å². The normalized spacial score (nSPS) is 13.1. The van der Waals surface area contributed by atoms with Crippen LogP contribution in [0.25, 0.3) is 0 Å². The topological polar surface area (TPSA) is 12.0 Å². The second kappa shape index (κ2) is 5.32. The molecule has 1 unspecified atom stereocenters. The summed E-state index contributed by atoms with van der Waals surface area (Å²) in [6, 6.07) is 0.580. The molecule has 1 N–H and O–H groups in total. The molecule has 0 aliphatic heterocycles. The van der Waals surface area contributed by atoms with Gasteiger partial charge in [0.15, 0.2) is 0 Å². The van der Waals surface area contributed by atoms with Crippen LogP contribution in [0.4, 0.5) is 0 Å². The van der Waals surface area contributed by atoms with Gasteiger partial charge >= 0.3 is 0 Å². The maximum absolute atomic E-state index is 5.15. The fourth-order valence-electron chi connectivity index (χ4n) is 1.05. The van der Waals surface area contributed by atoms with Crippen molar-refractivity contribution in [1.82, 2.24) is 5.32 Å². The average molecular weight is 139 g/mol. The molecule has 0 aromatic rings. The molecule has 10 heavy (non-hydrogen) atoms. The highest BCUT2D eigenvalue weighted by molar-refractivity contribution is 4.86. The Morgan fingerprint density at radius 1 is 1.50 bits per heavy atom. The van der Waals surface area contributed by atoms with Crippen LogP contribution >= 0.6 is 0 Å². The Labute approximate surface area is 64.2 Å². The van der Waals surface area contributed by atoms with Gasteiger partial charge in [-0.15, -0.1) is 12.3 Å². The summed E-state index contributed by atoms with van der Waals surface area (Å²) in [5.41, 5.74) is 0. The van der Waals surface area contributed by atoms with E-state index in [9.17, 15) is 0 Å². The van der Waals surface area contributed by atoms with E-state index >= 15 is 0 Å². The molecule has 0 fully saturated rings. The molecule has 0 aliphatic carbocycles. The third-order valence-electron chi connectivity index (χ3n) is 1.78. The molecule has 1 nitrogen and oxygen atoms in total. The predicted octanol–water partition coefficient (Wildman–Crippen LogP) is 1.64. The maximum atomic E-state index is 5.15. The predicted molar refractivity (Wildman–Crippen MR) is 45.8 cm³/mol. The number of hydrogen-bond donors (Lipinski definition) is 1. The van der Waals surface area contributed by atoms with Gasteiger partial charge in [0.25, 0.3) is 0 Å².